The van der Waals surface area contributed by atoms with E-state index in [9.17, 15) is 0 Å². The molecular formula is C44H42O4P2. The second-order valence-electron chi connectivity index (χ2n) is 13.0. The second-order valence-corrected chi connectivity index (χ2v) is 18.9. The highest BCUT2D eigenvalue weighted by Crippen LogP contribution is 2.61. The fourth-order valence-electron chi connectivity index (χ4n) is 7.45. The van der Waals surface area contributed by atoms with Crippen LogP contribution >= 0.6 is 14.3 Å². The predicted molar refractivity (Wildman–Crippen MR) is 206 cm³/mol. The van der Waals surface area contributed by atoms with Crippen molar-refractivity contribution in [3.05, 3.63) is 193 Å². The maximum absolute atomic E-state index is 16.2. The van der Waals surface area contributed by atoms with Crippen molar-refractivity contribution in [2.45, 2.75) is 37.5 Å². The molecule has 50 heavy (non-hydrogen) atoms. The highest BCUT2D eigenvalue weighted by Gasteiger charge is 2.55. The third-order valence-corrected chi connectivity index (χ3v) is 16.8. The molecule has 1 fully saturated rings. The summed E-state index contributed by atoms with van der Waals surface area (Å²) in [5.41, 5.74) is 1.71. The lowest BCUT2D eigenvalue weighted by molar-refractivity contribution is -0.0811. The molecule has 0 aromatic heterocycles. The summed E-state index contributed by atoms with van der Waals surface area (Å²) in [5, 5.41) is 3.16. The van der Waals surface area contributed by atoms with Gasteiger partial charge < -0.3 is 18.6 Å². The Morgan fingerprint density at radius 1 is 0.460 bits per heavy atom. The van der Waals surface area contributed by atoms with Crippen molar-refractivity contribution in [1.82, 2.24) is 0 Å². The van der Waals surface area contributed by atoms with Crippen LogP contribution in [-0.2, 0) is 31.8 Å². The Balaban J connectivity index is 1.39. The normalized spacial score (nSPS) is 19.3. The lowest BCUT2D eigenvalue weighted by Crippen LogP contribution is -2.38. The van der Waals surface area contributed by atoms with Gasteiger partial charge in [0.1, 0.15) is 14.3 Å². The smallest absolute Gasteiger partial charge is 0.146 e. The van der Waals surface area contributed by atoms with Gasteiger partial charge in [-0.05, 0) is 17.5 Å². The van der Waals surface area contributed by atoms with Crippen molar-refractivity contribution in [1.29, 1.82) is 0 Å². The SMILES string of the molecule is O=P(C[C@H]1[C@H](OCc2ccccc2)[C@@H](OCc2ccccc2)C[C@@H]1P(=O)(c1ccccc1)c1ccccc1)(c1ccccc1)c1ccccc1. The van der Waals surface area contributed by atoms with Crippen LogP contribution in [0.15, 0.2) is 182 Å². The van der Waals surface area contributed by atoms with E-state index in [4.69, 9.17) is 9.47 Å². The minimum Gasteiger partial charge on any atom is -0.371 e. The zero-order valence-corrected chi connectivity index (χ0v) is 29.8. The maximum atomic E-state index is 16.2. The van der Waals surface area contributed by atoms with Crippen molar-refractivity contribution in [2.75, 3.05) is 6.16 Å². The van der Waals surface area contributed by atoms with Crippen LogP contribution in [0.4, 0.5) is 0 Å². The van der Waals surface area contributed by atoms with E-state index in [0.717, 1.165) is 32.3 Å². The van der Waals surface area contributed by atoms with Crippen molar-refractivity contribution >= 4 is 35.5 Å². The highest BCUT2D eigenvalue weighted by atomic mass is 31.2. The van der Waals surface area contributed by atoms with E-state index in [1.165, 1.54) is 0 Å². The van der Waals surface area contributed by atoms with Gasteiger partial charge in [-0.1, -0.05) is 182 Å². The van der Waals surface area contributed by atoms with E-state index in [1.54, 1.807) is 0 Å². The van der Waals surface area contributed by atoms with Crippen molar-refractivity contribution in [2.24, 2.45) is 5.92 Å². The van der Waals surface area contributed by atoms with Gasteiger partial charge in [0.15, 0.2) is 0 Å². The standard InChI is InChI=1S/C44H42O4P2/c45-49(37-23-11-3-12-24-37,38-25-13-4-14-26-38)34-41-43(50(46,39-27-15-5-16-28-39)40-29-17-6-18-30-40)31-42(47-32-35-19-7-1-8-20-35)44(41)48-33-36-21-9-2-10-22-36/h1-30,41-44H,31-34H2/t41-,42+,43+,44+/m1/s1. The van der Waals surface area contributed by atoms with Gasteiger partial charge in [-0.3, -0.25) is 0 Å². The first-order valence-corrected chi connectivity index (χ1v) is 20.9. The first kappa shape index (κ1) is 34.2. The fraction of sp³-hybridized carbons (Fsp3) is 0.182. The van der Waals surface area contributed by atoms with Crippen molar-refractivity contribution in [3.8, 4) is 0 Å². The summed E-state index contributed by atoms with van der Waals surface area (Å²) in [5.74, 6) is -0.364. The third-order valence-electron chi connectivity index (χ3n) is 9.91. The number of hydrogen-bond acceptors (Lipinski definition) is 4. The van der Waals surface area contributed by atoms with Gasteiger partial charge in [0.05, 0.1) is 25.4 Å². The molecule has 0 radical (unpaired) electrons. The molecule has 6 aromatic rings. The Kier molecular flexibility index (Phi) is 10.7. The largest absolute Gasteiger partial charge is 0.371 e. The minimum absolute atomic E-state index is 0.292. The molecule has 0 aliphatic heterocycles. The summed E-state index contributed by atoms with van der Waals surface area (Å²) < 4.78 is 45.8. The maximum Gasteiger partial charge on any atom is 0.146 e. The van der Waals surface area contributed by atoms with Gasteiger partial charge >= 0.3 is 0 Å². The molecule has 1 aliphatic rings. The molecule has 0 amide bonds. The molecular weight excluding hydrogens is 654 g/mol. The van der Waals surface area contributed by atoms with E-state index in [-0.39, 0.29) is 12.0 Å². The van der Waals surface area contributed by atoms with Crippen molar-refractivity contribution < 1.29 is 18.6 Å². The van der Waals surface area contributed by atoms with E-state index in [2.05, 4.69) is 24.3 Å². The topological polar surface area (TPSA) is 52.6 Å². The van der Waals surface area contributed by atoms with E-state index in [1.807, 2.05) is 158 Å². The van der Waals surface area contributed by atoms with Gasteiger partial charge in [0.25, 0.3) is 0 Å². The third kappa shape index (κ3) is 7.27. The Hall–Kier alpha value is -4.30. The van der Waals surface area contributed by atoms with Crippen LogP contribution in [0, 0.1) is 5.92 Å². The summed E-state index contributed by atoms with van der Waals surface area (Å²) in [6.07, 6.45) is -0.0539. The lowest BCUT2D eigenvalue weighted by Gasteiger charge is -2.34. The van der Waals surface area contributed by atoms with Gasteiger partial charge in [-0.15, -0.1) is 0 Å². The molecule has 6 aromatic carbocycles. The van der Waals surface area contributed by atoms with E-state index in [0.29, 0.717) is 25.8 Å². The average Bonchev–Trinajstić information content (AvgIpc) is 3.54. The molecule has 4 nitrogen and oxygen atoms in total. The lowest BCUT2D eigenvalue weighted by atomic mass is 10.1. The van der Waals surface area contributed by atoms with Gasteiger partial charge in [0, 0.05) is 39.0 Å². The molecule has 0 bridgehead atoms. The van der Waals surface area contributed by atoms with Gasteiger partial charge in [-0.25, -0.2) is 0 Å². The zero-order valence-electron chi connectivity index (χ0n) is 28.0. The first-order valence-electron chi connectivity index (χ1n) is 17.3. The molecule has 1 aliphatic carbocycles. The van der Waals surface area contributed by atoms with Gasteiger partial charge in [-0.2, -0.15) is 0 Å². The molecule has 4 atom stereocenters. The van der Waals surface area contributed by atoms with Crippen LogP contribution in [-0.4, -0.2) is 24.0 Å². The summed E-state index contributed by atoms with van der Waals surface area (Å²) >= 11 is 0. The average molecular weight is 697 g/mol. The molecule has 0 N–H and O–H groups in total. The van der Waals surface area contributed by atoms with Gasteiger partial charge in [0.2, 0.25) is 0 Å². The first-order chi connectivity index (χ1) is 24.6. The monoisotopic (exact) mass is 696 g/mol. The Morgan fingerprint density at radius 2 is 0.820 bits per heavy atom. The number of benzene rings is 6. The second kappa shape index (κ2) is 15.7. The molecule has 1 saturated carbocycles. The fourth-order valence-corrected chi connectivity index (χ4v) is 14.3. The Morgan fingerprint density at radius 3 is 1.24 bits per heavy atom. The number of ether oxygens (including phenoxy) is 2. The van der Waals surface area contributed by atoms with Crippen LogP contribution in [0.5, 0.6) is 0 Å². The number of rotatable bonds is 13. The Bertz CT molecular complexity index is 1940. The Labute approximate surface area is 295 Å². The van der Waals surface area contributed by atoms with Crippen LogP contribution in [0.2, 0.25) is 0 Å². The highest BCUT2D eigenvalue weighted by molar-refractivity contribution is 7.80. The summed E-state index contributed by atoms with van der Waals surface area (Å²) in [6.45, 7) is 0.758. The van der Waals surface area contributed by atoms with Crippen LogP contribution in [0.1, 0.15) is 17.5 Å². The summed E-state index contributed by atoms with van der Waals surface area (Å²) in [6, 6.07) is 59.5. The molecule has 6 heteroatoms. The minimum atomic E-state index is -3.34. The van der Waals surface area contributed by atoms with E-state index >= 15 is 9.13 Å². The molecule has 0 heterocycles. The molecule has 252 valence electrons. The summed E-state index contributed by atoms with van der Waals surface area (Å²) in [7, 11) is -6.60. The summed E-state index contributed by atoms with van der Waals surface area (Å²) in [4.78, 5) is 0. The quantitative estimate of drug-likeness (QED) is 0.114. The van der Waals surface area contributed by atoms with E-state index < -0.39 is 26.0 Å². The number of hydrogen-bond donors (Lipinski definition) is 0. The van der Waals surface area contributed by atoms with Crippen LogP contribution in [0.3, 0.4) is 0 Å². The van der Waals surface area contributed by atoms with Crippen molar-refractivity contribution in [3.63, 3.8) is 0 Å². The zero-order chi connectivity index (χ0) is 34.2. The van der Waals surface area contributed by atoms with Crippen LogP contribution < -0.4 is 21.2 Å². The molecule has 0 spiro atoms. The molecule has 7 rings (SSSR count). The molecule has 0 saturated heterocycles. The molecule has 0 unspecified atom stereocenters. The van der Waals surface area contributed by atoms with Crippen LogP contribution in [0.25, 0.3) is 0 Å². The predicted octanol–water partition coefficient (Wildman–Crippen LogP) is 8.57.